The van der Waals surface area contributed by atoms with Crippen LogP contribution < -0.4 is 10.6 Å². The van der Waals surface area contributed by atoms with Crippen molar-refractivity contribution in [2.45, 2.75) is 45.2 Å². The molecule has 2 rings (SSSR count). The van der Waals surface area contributed by atoms with Crippen LogP contribution in [0.2, 0.25) is 0 Å². The molecule has 0 heterocycles. The quantitative estimate of drug-likeness (QED) is 0.252. The Kier molecular flexibility index (Phi) is 11.6. The Morgan fingerprint density at radius 3 is 2.38 bits per heavy atom. The summed E-state index contributed by atoms with van der Waals surface area (Å²) in [7, 11) is 3.46. The van der Waals surface area contributed by atoms with Gasteiger partial charge in [0.15, 0.2) is 5.96 Å². The highest BCUT2D eigenvalue weighted by atomic mass is 127. The van der Waals surface area contributed by atoms with Gasteiger partial charge in [-0.05, 0) is 38.2 Å². The minimum atomic E-state index is -0.0892. The van der Waals surface area contributed by atoms with Gasteiger partial charge in [0.1, 0.15) is 0 Å². The van der Waals surface area contributed by atoms with Gasteiger partial charge in [0.05, 0.1) is 25.6 Å². The third-order valence-corrected chi connectivity index (χ3v) is 4.86. The largest absolute Gasteiger partial charge is 0.466 e. The van der Waals surface area contributed by atoms with Gasteiger partial charge in [0.2, 0.25) is 5.91 Å². The Morgan fingerprint density at radius 1 is 1.14 bits per heavy atom. The Balaban J connectivity index is 0.00000420. The van der Waals surface area contributed by atoms with E-state index < -0.39 is 0 Å². The zero-order chi connectivity index (χ0) is 20.4. The molecule has 2 N–H and O–H groups in total. The molecular weight excluding hydrogens is 483 g/mol. The zero-order valence-electron chi connectivity index (χ0n) is 17.5. The molecule has 29 heavy (non-hydrogen) atoms. The zero-order valence-corrected chi connectivity index (χ0v) is 19.8. The summed E-state index contributed by atoms with van der Waals surface area (Å²) in [5, 5.41) is 6.56. The number of hydrogen-bond acceptors (Lipinski definition) is 4. The van der Waals surface area contributed by atoms with E-state index in [2.05, 4.69) is 15.6 Å². The molecule has 1 aliphatic carbocycles. The number of aliphatic imine (C=N–C) groups is 1. The van der Waals surface area contributed by atoms with Crippen molar-refractivity contribution >= 4 is 41.8 Å². The summed E-state index contributed by atoms with van der Waals surface area (Å²) in [6.07, 6.45) is 3.35. The summed E-state index contributed by atoms with van der Waals surface area (Å²) in [5.41, 5.74) is 1.11. The fourth-order valence-electron chi connectivity index (χ4n) is 3.15. The van der Waals surface area contributed by atoms with E-state index in [1.165, 1.54) is 0 Å². The first-order valence-electron chi connectivity index (χ1n) is 9.95. The maximum atomic E-state index is 11.9. The fraction of sp³-hybridized carbons (Fsp3) is 0.571. The first-order valence-corrected chi connectivity index (χ1v) is 9.95. The Labute approximate surface area is 190 Å². The summed E-state index contributed by atoms with van der Waals surface area (Å²) >= 11 is 0. The molecule has 0 atom stereocenters. The van der Waals surface area contributed by atoms with Crippen molar-refractivity contribution in [2.75, 3.05) is 27.2 Å². The van der Waals surface area contributed by atoms with Crippen LogP contribution in [0.4, 0.5) is 0 Å². The number of nitrogens with one attached hydrogen (secondary N) is 2. The minimum Gasteiger partial charge on any atom is -0.466 e. The van der Waals surface area contributed by atoms with Crippen molar-refractivity contribution in [3.05, 3.63) is 35.9 Å². The molecule has 0 bridgehead atoms. The molecule has 1 aliphatic rings. The number of ether oxygens (including phenoxy) is 1. The average Bonchev–Trinajstić information content (AvgIpc) is 2.71. The van der Waals surface area contributed by atoms with E-state index in [9.17, 15) is 9.59 Å². The van der Waals surface area contributed by atoms with Gasteiger partial charge < -0.3 is 20.3 Å². The van der Waals surface area contributed by atoms with Crippen molar-refractivity contribution in [3.63, 3.8) is 0 Å². The number of carbonyl (C=O) groups is 2. The smallest absolute Gasteiger partial charge is 0.308 e. The highest BCUT2D eigenvalue weighted by Crippen LogP contribution is 2.25. The van der Waals surface area contributed by atoms with Gasteiger partial charge in [-0.3, -0.25) is 9.59 Å². The van der Waals surface area contributed by atoms with Gasteiger partial charge in [-0.25, -0.2) is 4.99 Å². The standard InChI is InChI=1S/C21H32N4O3.HI/c1-4-28-20(27)17-10-12-18(13-11-17)24-21(23-15-19(26)25(2)3)22-14-16-8-6-5-7-9-16;/h5-9,17-18H,4,10-15H2,1-3H3,(H2,22,23,24);1H. The first-order chi connectivity index (χ1) is 13.5. The second-order valence-electron chi connectivity index (χ2n) is 7.24. The fourth-order valence-corrected chi connectivity index (χ4v) is 3.15. The topological polar surface area (TPSA) is 83.0 Å². The number of halogens is 1. The van der Waals surface area contributed by atoms with Crippen LogP contribution in [0.3, 0.4) is 0 Å². The third kappa shape index (κ3) is 9.01. The maximum absolute atomic E-state index is 11.9. The molecule has 1 fully saturated rings. The lowest BCUT2D eigenvalue weighted by atomic mass is 9.86. The maximum Gasteiger partial charge on any atom is 0.308 e. The van der Waals surface area contributed by atoms with Crippen molar-refractivity contribution < 1.29 is 14.3 Å². The number of esters is 1. The van der Waals surface area contributed by atoms with Crippen LogP contribution in [0.1, 0.15) is 38.2 Å². The number of amides is 1. The highest BCUT2D eigenvalue weighted by Gasteiger charge is 2.27. The lowest BCUT2D eigenvalue weighted by Gasteiger charge is -2.29. The normalized spacial score (nSPS) is 18.9. The molecule has 1 aromatic rings. The van der Waals surface area contributed by atoms with Crippen LogP contribution in [-0.4, -0.2) is 56.0 Å². The Bertz CT molecular complexity index is 659. The van der Waals surface area contributed by atoms with E-state index in [0.29, 0.717) is 19.1 Å². The molecule has 7 nitrogen and oxygen atoms in total. The van der Waals surface area contributed by atoms with Crippen LogP contribution in [0, 0.1) is 5.92 Å². The minimum absolute atomic E-state index is 0. The summed E-state index contributed by atoms with van der Waals surface area (Å²) < 4.78 is 5.14. The summed E-state index contributed by atoms with van der Waals surface area (Å²) in [6.45, 7) is 2.98. The van der Waals surface area contributed by atoms with Crippen LogP contribution in [0.5, 0.6) is 0 Å². The number of nitrogens with zero attached hydrogens (tertiary/aromatic N) is 2. The van der Waals surface area contributed by atoms with Crippen LogP contribution in [-0.2, 0) is 20.9 Å². The lowest BCUT2D eigenvalue weighted by Crippen LogP contribution is -2.48. The average molecular weight is 516 g/mol. The van der Waals surface area contributed by atoms with Crippen molar-refractivity contribution in [2.24, 2.45) is 10.9 Å². The molecule has 0 saturated heterocycles. The highest BCUT2D eigenvalue weighted by molar-refractivity contribution is 14.0. The van der Waals surface area contributed by atoms with Gasteiger partial charge in [-0.15, -0.1) is 24.0 Å². The number of likely N-dealkylation sites (N-methyl/N-ethyl adjacent to an activating group) is 1. The molecule has 0 radical (unpaired) electrons. The Morgan fingerprint density at radius 2 is 1.79 bits per heavy atom. The SMILES string of the molecule is CCOC(=O)C1CCC(NC(=NCc2ccccc2)NCC(=O)N(C)C)CC1.I. The second-order valence-corrected chi connectivity index (χ2v) is 7.24. The molecule has 0 aromatic heterocycles. The lowest BCUT2D eigenvalue weighted by molar-refractivity contribution is -0.149. The molecular formula is C21H33IN4O3. The van der Waals surface area contributed by atoms with Crippen LogP contribution in [0.15, 0.2) is 35.3 Å². The number of rotatable bonds is 7. The number of benzene rings is 1. The Hall–Kier alpha value is -1.84. The van der Waals surface area contributed by atoms with E-state index in [-0.39, 0.29) is 54.4 Å². The molecule has 0 spiro atoms. The van der Waals surface area contributed by atoms with Crippen LogP contribution >= 0.6 is 24.0 Å². The number of guanidine groups is 1. The van der Waals surface area contributed by atoms with E-state index in [4.69, 9.17) is 4.74 Å². The summed E-state index contributed by atoms with van der Waals surface area (Å²) in [4.78, 5) is 30.0. The monoisotopic (exact) mass is 516 g/mol. The first kappa shape index (κ1) is 25.2. The predicted molar refractivity (Wildman–Crippen MR) is 125 cm³/mol. The van der Waals surface area contributed by atoms with Crippen LogP contribution in [0.25, 0.3) is 0 Å². The van der Waals surface area contributed by atoms with E-state index in [1.807, 2.05) is 37.3 Å². The molecule has 0 unspecified atom stereocenters. The van der Waals surface area contributed by atoms with Gasteiger partial charge in [0.25, 0.3) is 0 Å². The molecule has 1 aromatic carbocycles. The third-order valence-electron chi connectivity index (χ3n) is 4.86. The van der Waals surface area contributed by atoms with Crippen molar-refractivity contribution in [3.8, 4) is 0 Å². The van der Waals surface area contributed by atoms with Gasteiger partial charge in [-0.1, -0.05) is 30.3 Å². The summed E-state index contributed by atoms with van der Waals surface area (Å²) in [6, 6.07) is 10.2. The van der Waals surface area contributed by atoms with Crippen molar-refractivity contribution in [1.29, 1.82) is 0 Å². The van der Waals surface area contributed by atoms with E-state index in [0.717, 1.165) is 31.2 Å². The van der Waals surface area contributed by atoms with E-state index >= 15 is 0 Å². The summed E-state index contributed by atoms with van der Waals surface area (Å²) in [5.74, 6) is 0.512. The van der Waals surface area contributed by atoms with Gasteiger partial charge in [0, 0.05) is 20.1 Å². The number of hydrogen-bond donors (Lipinski definition) is 2. The molecule has 1 saturated carbocycles. The number of carbonyl (C=O) groups excluding carboxylic acids is 2. The van der Waals surface area contributed by atoms with E-state index in [1.54, 1.807) is 19.0 Å². The second kappa shape index (κ2) is 13.4. The predicted octanol–water partition coefficient (Wildman–Crippen LogP) is 2.55. The van der Waals surface area contributed by atoms with Crippen molar-refractivity contribution in [1.82, 2.24) is 15.5 Å². The molecule has 1 amide bonds. The molecule has 162 valence electrons. The van der Waals surface area contributed by atoms with Gasteiger partial charge in [-0.2, -0.15) is 0 Å². The van der Waals surface area contributed by atoms with Gasteiger partial charge >= 0.3 is 5.97 Å². The molecule has 8 heteroatoms. The molecule has 0 aliphatic heterocycles.